The zero-order valence-corrected chi connectivity index (χ0v) is 10.6. The summed E-state index contributed by atoms with van der Waals surface area (Å²) in [5.74, 6) is 0.732. The van der Waals surface area contributed by atoms with E-state index in [9.17, 15) is 0 Å². The van der Waals surface area contributed by atoms with Crippen molar-refractivity contribution in [2.24, 2.45) is 5.92 Å². The van der Waals surface area contributed by atoms with Gasteiger partial charge in [0.15, 0.2) is 0 Å². The van der Waals surface area contributed by atoms with E-state index >= 15 is 0 Å². The Labute approximate surface area is 104 Å². The molecule has 17 heavy (non-hydrogen) atoms. The fourth-order valence-corrected chi connectivity index (χ4v) is 2.50. The minimum Gasteiger partial charge on any atom is -0.381 e. The first kappa shape index (κ1) is 12.5. The third kappa shape index (κ3) is 4.10. The summed E-state index contributed by atoms with van der Waals surface area (Å²) < 4.78 is 5.45. The van der Waals surface area contributed by atoms with Gasteiger partial charge in [-0.3, -0.25) is 4.98 Å². The molecule has 1 fully saturated rings. The first-order valence-corrected chi connectivity index (χ1v) is 6.58. The smallest absolute Gasteiger partial charge is 0.0495 e. The maximum atomic E-state index is 5.45. The van der Waals surface area contributed by atoms with Crippen molar-refractivity contribution in [1.82, 2.24) is 10.3 Å². The van der Waals surface area contributed by atoms with Gasteiger partial charge in [0.1, 0.15) is 0 Å². The van der Waals surface area contributed by atoms with Crippen LogP contribution in [0.15, 0.2) is 24.5 Å². The molecule has 3 nitrogen and oxygen atoms in total. The minimum absolute atomic E-state index is 0.552. The van der Waals surface area contributed by atoms with Crippen molar-refractivity contribution in [3.8, 4) is 0 Å². The van der Waals surface area contributed by atoms with Crippen LogP contribution in [-0.4, -0.2) is 30.8 Å². The topological polar surface area (TPSA) is 34.2 Å². The number of hydrogen-bond donors (Lipinski definition) is 1. The molecular formula is C14H22N2O. The van der Waals surface area contributed by atoms with Gasteiger partial charge in [0.2, 0.25) is 0 Å². The molecule has 1 aromatic heterocycles. The number of ether oxygens (including phenoxy) is 1. The highest BCUT2D eigenvalue weighted by molar-refractivity contribution is 5.10. The lowest BCUT2D eigenvalue weighted by Crippen LogP contribution is -2.33. The average Bonchev–Trinajstić information content (AvgIpc) is 2.83. The quantitative estimate of drug-likeness (QED) is 0.818. The predicted molar refractivity (Wildman–Crippen MR) is 68.9 cm³/mol. The van der Waals surface area contributed by atoms with Gasteiger partial charge < -0.3 is 10.1 Å². The fraction of sp³-hybridized carbons (Fsp3) is 0.643. The van der Waals surface area contributed by atoms with Gasteiger partial charge in [-0.15, -0.1) is 0 Å². The summed E-state index contributed by atoms with van der Waals surface area (Å²) >= 11 is 0. The Morgan fingerprint density at radius 2 is 2.53 bits per heavy atom. The van der Waals surface area contributed by atoms with E-state index in [1.807, 2.05) is 18.5 Å². The summed E-state index contributed by atoms with van der Waals surface area (Å²) in [6.45, 7) is 5.07. The van der Waals surface area contributed by atoms with Gasteiger partial charge in [0.05, 0.1) is 0 Å². The highest BCUT2D eigenvalue weighted by atomic mass is 16.5. The monoisotopic (exact) mass is 234 g/mol. The summed E-state index contributed by atoms with van der Waals surface area (Å²) in [4.78, 5) is 4.18. The average molecular weight is 234 g/mol. The normalized spacial score (nSPS) is 21.6. The summed E-state index contributed by atoms with van der Waals surface area (Å²) in [5, 5.41) is 3.57. The Morgan fingerprint density at radius 1 is 1.59 bits per heavy atom. The molecule has 1 aliphatic rings. The van der Waals surface area contributed by atoms with Crippen LogP contribution in [0.1, 0.15) is 25.3 Å². The predicted octanol–water partition coefficient (Wildman–Crippen LogP) is 2.03. The molecule has 1 aliphatic heterocycles. The van der Waals surface area contributed by atoms with Crippen LogP contribution in [0.5, 0.6) is 0 Å². The molecule has 1 N–H and O–H groups in total. The minimum atomic E-state index is 0.552. The number of hydrogen-bond acceptors (Lipinski definition) is 3. The van der Waals surface area contributed by atoms with E-state index in [4.69, 9.17) is 4.74 Å². The third-order valence-corrected chi connectivity index (χ3v) is 3.34. The molecule has 0 bridgehead atoms. The largest absolute Gasteiger partial charge is 0.381 e. The molecule has 0 radical (unpaired) electrons. The highest BCUT2D eigenvalue weighted by Crippen LogP contribution is 2.19. The molecule has 0 spiro atoms. The number of nitrogens with one attached hydrogen (secondary N) is 1. The van der Waals surface area contributed by atoms with Crippen LogP contribution in [0.2, 0.25) is 0 Å². The van der Waals surface area contributed by atoms with Crippen molar-refractivity contribution in [1.29, 1.82) is 0 Å². The number of likely N-dealkylation sites (N-methyl/N-ethyl adjacent to an activating group) is 1. The van der Waals surface area contributed by atoms with Gasteiger partial charge >= 0.3 is 0 Å². The van der Waals surface area contributed by atoms with Crippen LogP contribution in [0.25, 0.3) is 0 Å². The van der Waals surface area contributed by atoms with Gasteiger partial charge in [0.25, 0.3) is 0 Å². The molecular weight excluding hydrogens is 212 g/mol. The summed E-state index contributed by atoms with van der Waals surface area (Å²) in [5.41, 5.74) is 1.32. The van der Waals surface area contributed by atoms with Crippen molar-refractivity contribution in [3.63, 3.8) is 0 Å². The molecule has 2 atom stereocenters. The molecule has 0 saturated carbocycles. The number of rotatable bonds is 6. The second-order valence-electron chi connectivity index (χ2n) is 4.79. The molecule has 1 aromatic rings. The zero-order valence-electron chi connectivity index (χ0n) is 10.6. The molecule has 1 saturated heterocycles. The number of pyridine rings is 1. The standard InChI is InChI=1S/C14H22N2O/c1-2-16-14(9-13-5-7-17-11-13)8-12-4-3-6-15-10-12/h3-4,6,10,13-14,16H,2,5,7-9,11H2,1H3. The molecule has 0 aliphatic carbocycles. The maximum Gasteiger partial charge on any atom is 0.0495 e. The molecule has 2 rings (SSSR count). The van der Waals surface area contributed by atoms with E-state index in [0.29, 0.717) is 6.04 Å². The van der Waals surface area contributed by atoms with Crippen molar-refractivity contribution in [2.75, 3.05) is 19.8 Å². The van der Waals surface area contributed by atoms with Crippen LogP contribution in [0.4, 0.5) is 0 Å². The second kappa shape index (κ2) is 6.72. The van der Waals surface area contributed by atoms with Crippen molar-refractivity contribution < 1.29 is 4.74 Å². The number of aromatic nitrogens is 1. The van der Waals surface area contributed by atoms with Crippen molar-refractivity contribution >= 4 is 0 Å². The molecule has 0 aromatic carbocycles. The lowest BCUT2D eigenvalue weighted by atomic mass is 9.95. The highest BCUT2D eigenvalue weighted by Gasteiger charge is 2.20. The Kier molecular flexibility index (Phi) is 4.95. The second-order valence-corrected chi connectivity index (χ2v) is 4.79. The van der Waals surface area contributed by atoms with E-state index in [1.54, 1.807) is 0 Å². The Bertz CT molecular complexity index is 309. The molecule has 2 heterocycles. The Balaban J connectivity index is 1.87. The van der Waals surface area contributed by atoms with Crippen LogP contribution in [0, 0.1) is 5.92 Å². The van der Waals surface area contributed by atoms with Gasteiger partial charge in [-0.2, -0.15) is 0 Å². The van der Waals surface area contributed by atoms with Gasteiger partial charge in [0, 0.05) is 31.6 Å². The van der Waals surface area contributed by atoms with Crippen LogP contribution in [-0.2, 0) is 11.2 Å². The van der Waals surface area contributed by atoms with Crippen molar-refractivity contribution in [3.05, 3.63) is 30.1 Å². The van der Waals surface area contributed by atoms with Gasteiger partial charge in [-0.25, -0.2) is 0 Å². The van der Waals surface area contributed by atoms with Crippen LogP contribution >= 0.6 is 0 Å². The van der Waals surface area contributed by atoms with E-state index in [0.717, 1.165) is 32.1 Å². The van der Waals surface area contributed by atoms with Crippen LogP contribution in [0.3, 0.4) is 0 Å². The number of nitrogens with zero attached hydrogens (tertiary/aromatic N) is 1. The summed E-state index contributed by atoms with van der Waals surface area (Å²) in [6.07, 6.45) is 7.29. The van der Waals surface area contributed by atoms with Crippen LogP contribution < -0.4 is 5.32 Å². The van der Waals surface area contributed by atoms with Gasteiger partial charge in [-0.05, 0) is 43.4 Å². The molecule has 94 valence electrons. The molecule has 0 amide bonds. The van der Waals surface area contributed by atoms with E-state index in [1.165, 1.54) is 18.4 Å². The maximum absolute atomic E-state index is 5.45. The first-order chi connectivity index (χ1) is 8.38. The third-order valence-electron chi connectivity index (χ3n) is 3.34. The lowest BCUT2D eigenvalue weighted by Gasteiger charge is -2.20. The Morgan fingerprint density at radius 3 is 3.18 bits per heavy atom. The van der Waals surface area contributed by atoms with Crippen molar-refractivity contribution in [2.45, 2.75) is 32.2 Å². The fourth-order valence-electron chi connectivity index (χ4n) is 2.50. The van der Waals surface area contributed by atoms with E-state index in [2.05, 4.69) is 23.3 Å². The van der Waals surface area contributed by atoms with E-state index < -0.39 is 0 Å². The molecule has 3 heteroatoms. The first-order valence-electron chi connectivity index (χ1n) is 6.58. The summed E-state index contributed by atoms with van der Waals surface area (Å²) in [6, 6.07) is 4.72. The zero-order chi connectivity index (χ0) is 11.9. The lowest BCUT2D eigenvalue weighted by molar-refractivity contribution is 0.181. The summed E-state index contributed by atoms with van der Waals surface area (Å²) in [7, 11) is 0. The Hall–Kier alpha value is -0.930. The SMILES string of the molecule is CCNC(Cc1cccnc1)CC1CCOC1. The van der Waals surface area contributed by atoms with E-state index in [-0.39, 0.29) is 0 Å². The van der Waals surface area contributed by atoms with Gasteiger partial charge in [-0.1, -0.05) is 13.0 Å². The molecule has 2 unspecified atom stereocenters.